The number of halogens is 3. The van der Waals surface area contributed by atoms with E-state index in [2.05, 4.69) is 0 Å². The number of hydrogen-bond donors (Lipinski definition) is 0. The predicted molar refractivity (Wildman–Crippen MR) is 74.0 cm³/mol. The molecule has 0 amide bonds. The molecule has 8 heteroatoms. The van der Waals surface area contributed by atoms with Crippen molar-refractivity contribution in [3.63, 3.8) is 0 Å². The van der Waals surface area contributed by atoms with Crippen LogP contribution in [0.3, 0.4) is 0 Å². The molecule has 1 fully saturated rings. The molecule has 1 aromatic carbocycles. The molecule has 0 unspecified atom stereocenters. The fraction of sp³-hybridized carbons (Fsp3) is 0.538. The molecule has 1 aromatic rings. The second kappa shape index (κ2) is 6.46. The van der Waals surface area contributed by atoms with E-state index < -0.39 is 26.1 Å². The van der Waals surface area contributed by atoms with Crippen LogP contribution in [0.5, 0.6) is 5.75 Å². The van der Waals surface area contributed by atoms with E-state index in [9.17, 15) is 17.2 Å². The van der Waals surface area contributed by atoms with Gasteiger partial charge in [-0.25, -0.2) is 17.2 Å². The van der Waals surface area contributed by atoms with Crippen molar-refractivity contribution in [3.8, 4) is 5.75 Å². The van der Waals surface area contributed by atoms with Crippen LogP contribution in [0.4, 0.5) is 8.78 Å². The van der Waals surface area contributed by atoms with Gasteiger partial charge in [-0.1, -0.05) is 0 Å². The lowest BCUT2D eigenvalue weighted by molar-refractivity contribution is 0.00217. The van der Waals surface area contributed by atoms with Crippen LogP contribution in [-0.4, -0.2) is 34.0 Å². The number of hydrogen-bond acceptors (Lipinski definition) is 4. The van der Waals surface area contributed by atoms with Gasteiger partial charge in [0.2, 0.25) is 9.05 Å². The Bertz CT molecular complexity index is 580. The lowest BCUT2D eigenvalue weighted by Crippen LogP contribution is -2.40. The minimum Gasteiger partial charge on any atom is -0.493 e. The van der Waals surface area contributed by atoms with Gasteiger partial charge in [0, 0.05) is 47.5 Å². The van der Waals surface area contributed by atoms with Crippen LogP contribution in [-0.2, 0) is 13.8 Å². The Morgan fingerprint density at radius 1 is 1.19 bits per heavy atom. The molecule has 0 N–H and O–H groups in total. The van der Waals surface area contributed by atoms with Crippen molar-refractivity contribution in [2.24, 2.45) is 5.41 Å². The van der Waals surface area contributed by atoms with E-state index >= 15 is 0 Å². The quantitative estimate of drug-likeness (QED) is 0.773. The van der Waals surface area contributed by atoms with Crippen molar-refractivity contribution in [2.75, 3.05) is 25.6 Å². The monoisotopic (exact) mass is 340 g/mol. The van der Waals surface area contributed by atoms with Crippen LogP contribution >= 0.6 is 10.7 Å². The van der Waals surface area contributed by atoms with E-state index in [1.807, 2.05) is 0 Å². The molecular weight excluding hydrogens is 326 g/mol. The van der Waals surface area contributed by atoms with E-state index in [0.717, 1.165) is 18.2 Å². The molecule has 1 saturated heterocycles. The maximum absolute atomic E-state index is 13.1. The van der Waals surface area contributed by atoms with Gasteiger partial charge in [0.25, 0.3) is 0 Å². The van der Waals surface area contributed by atoms with Gasteiger partial charge in [0.1, 0.15) is 17.4 Å². The van der Waals surface area contributed by atoms with Crippen molar-refractivity contribution < 1.29 is 26.7 Å². The third-order valence-corrected chi connectivity index (χ3v) is 4.70. The second-order valence-corrected chi connectivity index (χ2v) is 7.97. The highest BCUT2D eigenvalue weighted by Crippen LogP contribution is 2.34. The molecule has 0 spiro atoms. The van der Waals surface area contributed by atoms with Crippen LogP contribution in [0.15, 0.2) is 18.2 Å². The minimum atomic E-state index is -3.71. The molecule has 1 aliphatic rings. The number of ether oxygens (including phenoxy) is 2. The van der Waals surface area contributed by atoms with E-state index in [-0.39, 0.29) is 18.1 Å². The minimum absolute atomic E-state index is 0.00516. The molecular formula is C13H15ClF2O4S. The summed E-state index contributed by atoms with van der Waals surface area (Å²) in [5.41, 5.74) is -0.707. The summed E-state index contributed by atoms with van der Waals surface area (Å²) < 4.78 is 59.6. The molecule has 0 atom stereocenters. The summed E-state index contributed by atoms with van der Waals surface area (Å²) in [6.07, 6.45) is 0.910. The van der Waals surface area contributed by atoms with Crippen LogP contribution in [0, 0.1) is 17.0 Å². The maximum Gasteiger partial charge on any atom is 0.233 e. The Hall–Kier alpha value is -0.920. The largest absolute Gasteiger partial charge is 0.493 e. The number of benzene rings is 1. The normalized spacial score (nSPS) is 18.4. The average molecular weight is 341 g/mol. The Labute approximate surface area is 126 Å². The van der Waals surface area contributed by atoms with Gasteiger partial charge in [-0.3, -0.25) is 0 Å². The van der Waals surface area contributed by atoms with Crippen molar-refractivity contribution in [1.29, 1.82) is 0 Å². The van der Waals surface area contributed by atoms with Gasteiger partial charge in [-0.15, -0.1) is 0 Å². The van der Waals surface area contributed by atoms with Crippen LogP contribution in [0.25, 0.3) is 0 Å². The highest BCUT2D eigenvalue weighted by Gasteiger charge is 2.37. The zero-order valence-corrected chi connectivity index (χ0v) is 12.7. The van der Waals surface area contributed by atoms with Gasteiger partial charge >= 0.3 is 0 Å². The number of rotatable bonds is 5. The summed E-state index contributed by atoms with van der Waals surface area (Å²) in [5.74, 6) is -1.75. The highest BCUT2D eigenvalue weighted by atomic mass is 35.7. The lowest BCUT2D eigenvalue weighted by Gasteiger charge is -2.35. The molecule has 0 saturated carbocycles. The first kappa shape index (κ1) is 16.5. The Balaban J connectivity index is 2.11. The van der Waals surface area contributed by atoms with Crippen molar-refractivity contribution in [1.82, 2.24) is 0 Å². The summed E-state index contributed by atoms with van der Waals surface area (Å²) in [6.45, 7) is 0.797. The van der Waals surface area contributed by atoms with Crippen molar-refractivity contribution in [3.05, 3.63) is 29.8 Å². The van der Waals surface area contributed by atoms with E-state index in [1.165, 1.54) is 0 Å². The summed E-state index contributed by atoms with van der Waals surface area (Å²) in [4.78, 5) is 0. The van der Waals surface area contributed by atoms with Crippen LogP contribution in [0.1, 0.15) is 12.8 Å². The fourth-order valence-corrected chi connectivity index (χ4v) is 4.15. The Morgan fingerprint density at radius 2 is 1.76 bits per heavy atom. The van der Waals surface area contributed by atoms with E-state index in [0.29, 0.717) is 26.1 Å². The van der Waals surface area contributed by atoms with Crippen LogP contribution in [0.2, 0.25) is 0 Å². The molecule has 1 heterocycles. The molecule has 0 radical (unpaired) electrons. The topological polar surface area (TPSA) is 52.6 Å². The van der Waals surface area contributed by atoms with E-state index in [1.54, 1.807) is 0 Å². The zero-order chi connectivity index (χ0) is 15.5. The third kappa shape index (κ3) is 5.09. The second-order valence-electron chi connectivity index (χ2n) is 5.19. The predicted octanol–water partition coefficient (Wildman–Crippen LogP) is 2.71. The molecule has 0 aromatic heterocycles. The molecule has 4 nitrogen and oxygen atoms in total. The van der Waals surface area contributed by atoms with Gasteiger partial charge in [-0.05, 0) is 12.8 Å². The molecule has 0 bridgehead atoms. The van der Waals surface area contributed by atoms with Crippen LogP contribution < -0.4 is 4.74 Å². The van der Waals surface area contributed by atoms with Gasteiger partial charge in [0.05, 0.1) is 12.4 Å². The first-order chi connectivity index (χ1) is 9.78. The summed E-state index contributed by atoms with van der Waals surface area (Å²) in [5, 5.41) is 0. The third-order valence-electron chi connectivity index (χ3n) is 3.41. The first-order valence-electron chi connectivity index (χ1n) is 6.37. The lowest BCUT2D eigenvalue weighted by atomic mass is 9.83. The molecule has 0 aliphatic carbocycles. The smallest absolute Gasteiger partial charge is 0.233 e. The van der Waals surface area contributed by atoms with Gasteiger partial charge < -0.3 is 9.47 Å². The van der Waals surface area contributed by atoms with Crippen molar-refractivity contribution >= 4 is 19.7 Å². The molecule has 21 heavy (non-hydrogen) atoms. The SMILES string of the molecule is O=S(=O)(Cl)CC1(COc2cc(F)cc(F)c2)CCOCC1. The highest BCUT2D eigenvalue weighted by molar-refractivity contribution is 8.13. The fourth-order valence-electron chi connectivity index (χ4n) is 2.35. The van der Waals surface area contributed by atoms with E-state index in [4.69, 9.17) is 20.2 Å². The van der Waals surface area contributed by atoms with Gasteiger partial charge in [0.15, 0.2) is 0 Å². The standard InChI is InChI=1S/C13H15ClF2O4S/c14-21(17,18)9-13(1-3-19-4-2-13)8-20-12-6-10(15)5-11(16)7-12/h5-7H,1-4,8-9H2. The summed E-state index contributed by atoms with van der Waals surface area (Å²) in [6, 6.07) is 2.83. The summed E-state index contributed by atoms with van der Waals surface area (Å²) >= 11 is 0. The first-order valence-corrected chi connectivity index (χ1v) is 8.85. The van der Waals surface area contributed by atoms with Gasteiger partial charge in [-0.2, -0.15) is 0 Å². The Morgan fingerprint density at radius 3 is 2.29 bits per heavy atom. The molecule has 2 rings (SSSR count). The average Bonchev–Trinajstić information content (AvgIpc) is 2.34. The maximum atomic E-state index is 13.1. The summed E-state index contributed by atoms with van der Waals surface area (Å²) in [7, 11) is 1.63. The zero-order valence-electron chi connectivity index (χ0n) is 11.1. The van der Waals surface area contributed by atoms with Crippen molar-refractivity contribution in [2.45, 2.75) is 12.8 Å². The Kier molecular flexibility index (Phi) is 5.06. The molecule has 1 aliphatic heterocycles. The molecule has 118 valence electrons.